The molecule has 0 aromatic rings. The Kier molecular flexibility index (Phi) is 4.59. The maximum Gasteiger partial charge on any atom is 0.305 e. The van der Waals surface area contributed by atoms with Crippen LogP contribution in [-0.2, 0) is 19.1 Å². The minimum Gasteiger partial charge on any atom is -0.469 e. The zero-order valence-electron chi connectivity index (χ0n) is 16.7. The van der Waals surface area contributed by atoms with Gasteiger partial charge in [-0.25, -0.2) is 0 Å². The molecule has 3 fully saturated rings. The van der Waals surface area contributed by atoms with E-state index in [1.165, 1.54) is 13.5 Å². The maximum atomic E-state index is 12.6. The summed E-state index contributed by atoms with van der Waals surface area (Å²) in [5.41, 5.74) is -0.0581. The Morgan fingerprint density at radius 3 is 2.68 bits per heavy atom. The lowest BCUT2D eigenvalue weighted by atomic mass is 9.44. The molecule has 1 aliphatic heterocycles. The fourth-order valence-electron chi connectivity index (χ4n) is 5.92. The molecule has 0 radical (unpaired) electrons. The molecule has 0 bridgehead atoms. The lowest BCUT2D eigenvalue weighted by Crippen LogP contribution is -2.58. The Morgan fingerprint density at radius 2 is 2.04 bits per heavy atom. The van der Waals surface area contributed by atoms with Gasteiger partial charge in [0.2, 0.25) is 0 Å². The van der Waals surface area contributed by atoms with Crippen LogP contribution in [0.2, 0.25) is 0 Å². The van der Waals surface area contributed by atoms with E-state index in [0.717, 1.165) is 19.3 Å². The van der Waals surface area contributed by atoms with E-state index in [4.69, 9.17) is 9.47 Å². The van der Waals surface area contributed by atoms with E-state index >= 15 is 0 Å². The van der Waals surface area contributed by atoms with Gasteiger partial charge in [-0.1, -0.05) is 27.7 Å². The third kappa shape index (κ3) is 2.75. The van der Waals surface area contributed by atoms with Crippen molar-refractivity contribution in [2.24, 2.45) is 28.6 Å². The fourth-order valence-corrected chi connectivity index (χ4v) is 5.92. The second-order valence-electron chi connectivity index (χ2n) is 9.62. The van der Waals surface area contributed by atoms with Crippen LogP contribution >= 0.6 is 0 Å². The first-order valence-electron chi connectivity index (χ1n) is 9.86. The van der Waals surface area contributed by atoms with E-state index in [9.17, 15) is 9.59 Å². The third-order valence-corrected chi connectivity index (χ3v) is 8.34. The number of methoxy groups -OCH3 is 1. The molecule has 4 nitrogen and oxygen atoms in total. The number of esters is 1. The van der Waals surface area contributed by atoms with Crippen molar-refractivity contribution in [3.63, 3.8) is 0 Å². The number of fused-ring (bicyclic) bond motifs is 3. The minimum atomic E-state index is -0.258. The lowest BCUT2D eigenvalue weighted by Gasteiger charge is -2.58. The molecule has 3 aliphatic rings. The van der Waals surface area contributed by atoms with Gasteiger partial charge in [-0.3, -0.25) is 9.59 Å². The number of hydrogen-bond acceptors (Lipinski definition) is 4. The third-order valence-electron chi connectivity index (χ3n) is 8.34. The standard InChI is InChI=1S/C21H34O4/c1-13(11-17(23)24-6)7-9-19(3)14(2)8-10-20(4)16(19)12-15(22)18-21(20,5)25-18/h13-14,16,18H,7-12H2,1-6H3/t13?,14-,16-,18+,19+,20-,21+/m1/s1. The Balaban J connectivity index is 1.78. The molecule has 7 atom stereocenters. The van der Waals surface area contributed by atoms with E-state index in [1.807, 2.05) is 0 Å². The Morgan fingerprint density at radius 1 is 1.36 bits per heavy atom. The molecule has 0 aromatic carbocycles. The van der Waals surface area contributed by atoms with Gasteiger partial charge in [0, 0.05) is 18.3 Å². The molecule has 0 amide bonds. The van der Waals surface area contributed by atoms with Crippen LogP contribution in [0.5, 0.6) is 0 Å². The van der Waals surface area contributed by atoms with E-state index in [2.05, 4.69) is 34.6 Å². The number of ether oxygens (including phenoxy) is 2. The normalized spacial score (nSPS) is 46.8. The van der Waals surface area contributed by atoms with Gasteiger partial charge in [-0.2, -0.15) is 0 Å². The van der Waals surface area contributed by atoms with Crippen LogP contribution in [0.3, 0.4) is 0 Å². The number of hydrogen-bond donors (Lipinski definition) is 0. The summed E-state index contributed by atoms with van der Waals surface area (Å²) >= 11 is 0. The summed E-state index contributed by atoms with van der Waals surface area (Å²) in [7, 11) is 1.45. The first kappa shape index (κ1) is 18.9. The topological polar surface area (TPSA) is 55.9 Å². The molecular weight excluding hydrogens is 316 g/mol. The van der Waals surface area contributed by atoms with Crippen molar-refractivity contribution >= 4 is 11.8 Å². The summed E-state index contributed by atoms with van der Waals surface area (Å²) in [5, 5.41) is 0. The highest BCUT2D eigenvalue weighted by atomic mass is 16.6. The van der Waals surface area contributed by atoms with Crippen molar-refractivity contribution in [1.82, 2.24) is 0 Å². The highest BCUT2D eigenvalue weighted by Gasteiger charge is 2.74. The molecule has 4 heteroatoms. The van der Waals surface area contributed by atoms with Crippen LogP contribution in [0.4, 0.5) is 0 Å². The van der Waals surface area contributed by atoms with Gasteiger partial charge in [-0.05, 0) is 55.8 Å². The van der Waals surface area contributed by atoms with Gasteiger partial charge >= 0.3 is 5.97 Å². The summed E-state index contributed by atoms with van der Waals surface area (Å²) in [5.74, 6) is 1.43. The number of carbonyl (C=O) groups is 2. The second-order valence-corrected chi connectivity index (χ2v) is 9.62. The minimum absolute atomic E-state index is 0.0818. The molecule has 142 valence electrons. The maximum absolute atomic E-state index is 12.6. The van der Waals surface area contributed by atoms with Gasteiger partial charge < -0.3 is 9.47 Å². The zero-order chi connectivity index (χ0) is 18.6. The average Bonchev–Trinajstić information content (AvgIpc) is 3.27. The van der Waals surface area contributed by atoms with E-state index in [0.29, 0.717) is 36.4 Å². The van der Waals surface area contributed by atoms with Crippen LogP contribution in [0, 0.1) is 28.6 Å². The number of Topliss-reactive ketones (excluding diaryl/α,β-unsaturated/α-hetero) is 1. The van der Waals surface area contributed by atoms with Crippen molar-refractivity contribution in [1.29, 1.82) is 0 Å². The van der Waals surface area contributed by atoms with E-state index in [-0.39, 0.29) is 28.5 Å². The summed E-state index contributed by atoms with van der Waals surface area (Å²) in [6.07, 6.45) is 5.36. The molecule has 2 saturated carbocycles. The van der Waals surface area contributed by atoms with Gasteiger partial charge in [0.15, 0.2) is 5.78 Å². The van der Waals surface area contributed by atoms with Crippen molar-refractivity contribution in [3.05, 3.63) is 0 Å². The highest BCUT2D eigenvalue weighted by molar-refractivity contribution is 5.89. The first-order chi connectivity index (χ1) is 11.6. The predicted octanol–water partition coefficient (Wildman–Crippen LogP) is 4.15. The summed E-state index contributed by atoms with van der Waals surface area (Å²) in [6.45, 7) is 11.4. The van der Waals surface area contributed by atoms with Gasteiger partial charge in [0.05, 0.1) is 7.11 Å². The summed E-state index contributed by atoms with van der Waals surface area (Å²) in [6, 6.07) is 0. The summed E-state index contributed by atoms with van der Waals surface area (Å²) in [4.78, 5) is 24.1. The first-order valence-corrected chi connectivity index (χ1v) is 9.86. The van der Waals surface area contributed by atoms with Crippen LogP contribution in [0.1, 0.15) is 73.1 Å². The molecule has 1 heterocycles. The number of carbonyl (C=O) groups excluding carboxylic acids is 2. The van der Waals surface area contributed by atoms with Crippen LogP contribution in [0.15, 0.2) is 0 Å². The summed E-state index contributed by atoms with van der Waals surface area (Å²) < 4.78 is 10.8. The molecular formula is C21H34O4. The number of epoxide rings is 1. The second kappa shape index (κ2) is 6.07. The molecule has 3 rings (SSSR count). The molecule has 0 aromatic heterocycles. The van der Waals surface area contributed by atoms with Crippen molar-refractivity contribution in [2.75, 3.05) is 7.11 Å². The van der Waals surface area contributed by atoms with E-state index < -0.39 is 0 Å². The van der Waals surface area contributed by atoms with Gasteiger partial charge in [-0.15, -0.1) is 0 Å². The molecule has 2 aliphatic carbocycles. The average molecular weight is 350 g/mol. The van der Waals surface area contributed by atoms with Crippen molar-refractivity contribution in [2.45, 2.75) is 84.8 Å². The van der Waals surface area contributed by atoms with E-state index in [1.54, 1.807) is 0 Å². The molecule has 0 N–H and O–H groups in total. The van der Waals surface area contributed by atoms with Crippen LogP contribution in [-0.4, -0.2) is 30.6 Å². The largest absolute Gasteiger partial charge is 0.469 e. The molecule has 1 unspecified atom stereocenters. The van der Waals surface area contributed by atoms with Crippen LogP contribution < -0.4 is 0 Å². The quantitative estimate of drug-likeness (QED) is 0.552. The number of ketones is 1. The highest BCUT2D eigenvalue weighted by Crippen LogP contribution is 2.69. The molecule has 1 saturated heterocycles. The van der Waals surface area contributed by atoms with Crippen molar-refractivity contribution in [3.8, 4) is 0 Å². The molecule has 0 spiro atoms. The zero-order valence-corrected chi connectivity index (χ0v) is 16.7. The van der Waals surface area contributed by atoms with Crippen molar-refractivity contribution < 1.29 is 19.1 Å². The predicted molar refractivity (Wildman–Crippen MR) is 96.0 cm³/mol. The Hall–Kier alpha value is -0.900. The van der Waals surface area contributed by atoms with Crippen LogP contribution in [0.25, 0.3) is 0 Å². The lowest BCUT2D eigenvalue weighted by molar-refractivity contribution is -0.142. The fraction of sp³-hybridized carbons (Fsp3) is 0.905. The Bertz CT molecular complexity index is 572. The van der Waals surface area contributed by atoms with Gasteiger partial charge in [0.1, 0.15) is 11.7 Å². The SMILES string of the molecule is COC(=O)CC(C)CC[C@@]1(C)[C@H](C)CC[C@]2(C)[C@@H]1CC(=O)[C@@H]1O[C@@]12C. The molecule has 25 heavy (non-hydrogen) atoms. The number of rotatable bonds is 5. The van der Waals surface area contributed by atoms with Gasteiger partial charge in [0.25, 0.3) is 0 Å². The Labute approximate surface area is 152 Å². The monoisotopic (exact) mass is 350 g/mol. The smallest absolute Gasteiger partial charge is 0.305 e.